The zero-order valence-corrected chi connectivity index (χ0v) is 30.7. The molecule has 6 unspecified atom stereocenters. The second-order valence-corrected chi connectivity index (χ2v) is 13.4. The smallest absolute Gasteiger partial charge is 0.306 e. The third-order valence-corrected chi connectivity index (χ3v) is 8.81. The molecule has 49 heavy (non-hydrogen) atoms. The maximum absolute atomic E-state index is 12.5. The molecule has 0 aromatic rings. The van der Waals surface area contributed by atoms with E-state index in [1.54, 1.807) is 0 Å². The van der Waals surface area contributed by atoms with Crippen molar-refractivity contribution in [3.8, 4) is 0 Å². The zero-order chi connectivity index (χ0) is 36.0. The lowest BCUT2D eigenvalue weighted by Crippen LogP contribution is -2.59. The molecule has 1 aliphatic heterocycles. The van der Waals surface area contributed by atoms with E-state index < -0.39 is 55.4 Å². The monoisotopic (exact) mass is 698 g/mol. The first-order valence-corrected chi connectivity index (χ1v) is 19.4. The Kier molecular flexibility index (Phi) is 28.6. The van der Waals surface area contributed by atoms with Crippen LogP contribution < -0.4 is 0 Å². The van der Waals surface area contributed by atoms with E-state index in [1.807, 2.05) is 6.92 Å². The third kappa shape index (κ3) is 23.3. The molecule has 6 atom stereocenters. The molecule has 1 heterocycles. The van der Waals surface area contributed by atoms with Gasteiger partial charge in [-0.25, -0.2) is 0 Å². The quantitative estimate of drug-likeness (QED) is 0.0339. The molecule has 1 rings (SSSR count). The fraction of sp³-hybridized carbons (Fsp3) is 0.846. The molecule has 0 saturated carbocycles. The number of carbonyl (C=O) groups is 2. The molecular weight excluding hydrogens is 628 g/mol. The van der Waals surface area contributed by atoms with E-state index in [2.05, 4.69) is 31.2 Å². The molecule has 4 N–H and O–H groups in total. The number of allylic oxidation sites excluding steroid dienone is 4. The lowest BCUT2D eigenvalue weighted by Gasteiger charge is -2.39. The molecule has 0 aromatic heterocycles. The van der Waals surface area contributed by atoms with Crippen LogP contribution in [0.4, 0.5) is 0 Å². The van der Waals surface area contributed by atoms with Crippen molar-refractivity contribution < 1.29 is 49.0 Å². The van der Waals surface area contributed by atoms with Crippen LogP contribution in [0.2, 0.25) is 0 Å². The highest BCUT2D eigenvalue weighted by Gasteiger charge is 2.44. The van der Waals surface area contributed by atoms with Crippen molar-refractivity contribution in [3.63, 3.8) is 0 Å². The van der Waals surface area contributed by atoms with Gasteiger partial charge in [-0.1, -0.05) is 122 Å². The molecule has 10 heteroatoms. The number of hydrogen-bond donors (Lipinski definition) is 4. The summed E-state index contributed by atoms with van der Waals surface area (Å²) in [6.07, 6.45) is 25.1. The van der Waals surface area contributed by atoms with Crippen molar-refractivity contribution in [2.24, 2.45) is 0 Å². The SMILES string of the molecule is CCCCCCC/C=C\C/C=C\CCCCCCCCCCCCCC(=O)OC(COC(=O)CCC)COC1OC(CO)C(O)C(O)C1O. The summed E-state index contributed by atoms with van der Waals surface area (Å²) in [5, 5.41) is 39.5. The fourth-order valence-corrected chi connectivity index (χ4v) is 5.73. The Morgan fingerprint density at radius 1 is 0.633 bits per heavy atom. The first-order chi connectivity index (χ1) is 23.8. The molecule has 10 nitrogen and oxygen atoms in total. The first kappa shape index (κ1) is 45.2. The van der Waals surface area contributed by atoms with E-state index in [0.717, 1.165) is 25.7 Å². The lowest BCUT2D eigenvalue weighted by molar-refractivity contribution is -0.305. The molecule has 1 aliphatic rings. The van der Waals surface area contributed by atoms with Crippen molar-refractivity contribution in [1.29, 1.82) is 0 Å². The van der Waals surface area contributed by atoms with Gasteiger partial charge in [-0.05, 0) is 44.9 Å². The van der Waals surface area contributed by atoms with Crippen molar-refractivity contribution >= 4 is 11.9 Å². The minimum Gasteiger partial charge on any atom is -0.462 e. The summed E-state index contributed by atoms with van der Waals surface area (Å²) in [5.74, 6) is -0.869. The first-order valence-electron chi connectivity index (χ1n) is 19.4. The summed E-state index contributed by atoms with van der Waals surface area (Å²) < 4.78 is 21.6. The van der Waals surface area contributed by atoms with Crippen molar-refractivity contribution in [2.75, 3.05) is 19.8 Å². The molecule has 0 bridgehead atoms. The Bertz CT molecular complexity index is 861. The summed E-state index contributed by atoms with van der Waals surface area (Å²) >= 11 is 0. The number of esters is 2. The molecular formula is C39H70O10. The fourth-order valence-electron chi connectivity index (χ4n) is 5.73. The molecule has 0 radical (unpaired) electrons. The van der Waals surface area contributed by atoms with Crippen LogP contribution in [-0.4, -0.2) is 89.0 Å². The van der Waals surface area contributed by atoms with E-state index in [-0.39, 0.29) is 26.1 Å². The van der Waals surface area contributed by atoms with Crippen molar-refractivity contribution in [3.05, 3.63) is 24.3 Å². The Morgan fingerprint density at radius 2 is 1.18 bits per heavy atom. The second kappa shape index (κ2) is 31.0. The normalized spacial score (nSPS) is 21.8. The van der Waals surface area contributed by atoms with Crippen LogP contribution in [0.25, 0.3) is 0 Å². The molecule has 0 aromatic carbocycles. The highest BCUT2D eigenvalue weighted by molar-refractivity contribution is 5.70. The van der Waals surface area contributed by atoms with Crippen LogP contribution in [-0.2, 0) is 28.5 Å². The van der Waals surface area contributed by atoms with E-state index in [4.69, 9.17) is 18.9 Å². The van der Waals surface area contributed by atoms with Crippen molar-refractivity contribution in [2.45, 2.75) is 192 Å². The number of aliphatic hydroxyl groups excluding tert-OH is 4. The van der Waals surface area contributed by atoms with Crippen LogP contribution in [0.1, 0.15) is 155 Å². The van der Waals surface area contributed by atoms with Gasteiger partial charge in [0.15, 0.2) is 12.4 Å². The molecule has 286 valence electrons. The summed E-state index contributed by atoms with van der Waals surface area (Å²) in [6, 6.07) is 0. The average Bonchev–Trinajstić information content (AvgIpc) is 3.09. The van der Waals surface area contributed by atoms with E-state index in [9.17, 15) is 30.0 Å². The van der Waals surface area contributed by atoms with Gasteiger partial charge < -0.3 is 39.4 Å². The maximum atomic E-state index is 12.5. The summed E-state index contributed by atoms with van der Waals surface area (Å²) in [5.41, 5.74) is 0. The molecule has 0 spiro atoms. The Hall–Kier alpha value is -1.82. The van der Waals surface area contributed by atoms with Gasteiger partial charge in [-0.3, -0.25) is 9.59 Å². The molecule has 0 amide bonds. The van der Waals surface area contributed by atoms with Crippen LogP contribution >= 0.6 is 0 Å². The Morgan fingerprint density at radius 3 is 1.73 bits per heavy atom. The highest BCUT2D eigenvalue weighted by atomic mass is 16.7. The summed E-state index contributed by atoms with van der Waals surface area (Å²) in [7, 11) is 0. The summed E-state index contributed by atoms with van der Waals surface area (Å²) in [4.78, 5) is 24.4. The standard InChI is InChI=1S/C39H70O10/c1-3-5-6-7-8-9-10-11-12-13-14-15-16-17-18-19-20-21-22-23-24-25-26-28-35(42)48-32(30-46-34(41)27-4-2)31-47-39-38(45)37(44)36(43)33(29-40)49-39/h10-11,13-14,32-33,36-40,43-45H,3-9,12,15-31H2,1-2H3/b11-10-,14-13-. The number of unbranched alkanes of at least 4 members (excludes halogenated alkanes) is 16. The van der Waals surface area contributed by atoms with E-state index in [0.29, 0.717) is 12.8 Å². The van der Waals surface area contributed by atoms with Gasteiger partial charge in [0.2, 0.25) is 0 Å². The third-order valence-electron chi connectivity index (χ3n) is 8.81. The van der Waals surface area contributed by atoms with Gasteiger partial charge in [0, 0.05) is 12.8 Å². The van der Waals surface area contributed by atoms with Crippen LogP contribution in [0.15, 0.2) is 24.3 Å². The number of hydrogen-bond acceptors (Lipinski definition) is 10. The van der Waals surface area contributed by atoms with Crippen LogP contribution in [0.5, 0.6) is 0 Å². The van der Waals surface area contributed by atoms with Gasteiger partial charge >= 0.3 is 11.9 Å². The largest absolute Gasteiger partial charge is 0.462 e. The topological polar surface area (TPSA) is 152 Å². The Balaban J connectivity index is 2.11. The molecule has 1 fully saturated rings. The van der Waals surface area contributed by atoms with E-state index in [1.165, 1.54) is 89.9 Å². The predicted octanol–water partition coefficient (Wildman–Crippen LogP) is 6.99. The lowest BCUT2D eigenvalue weighted by atomic mass is 9.99. The minimum atomic E-state index is -1.59. The van der Waals surface area contributed by atoms with Crippen LogP contribution in [0, 0.1) is 0 Å². The molecule has 1 saturated heterocycles. The zero-order valence-electron chi connectivity index (χ0n) is 30.7. The number of rotatable bonds is 31. The predicted molar refractivity (Wildman–Crippen MR) is 192 cm³/mol. The average molecular weight is 699 g/mol. The van der Waals surface area contributed by atoms with E-state index >= 15 is 0 Å². The number of ether oxygens (including phenoxy) is 4. The Labute approximate surface area is 296 Å². The highest BCUT2D eigenvalue weighted by Crippen LogP contribution is 2.22. The van der Waals surface area contributed by atoms with Gasteiger partial charge in [0.05, 0.1) is 13.2 Å². The second-order valence-electron chi connectivity index (χ2n) is 13.4. The minimum absolute atomic E-state index is 0.226. The van der Waals surface area contributed by atoms with Gasteiger partial charge in [-0.15, -0.1) is 0 Å². The number of aliphatic hydroxyl groups is 4. The van der Waals surface area contributed by atoms with Crippen molar-refractivity contribution in [1.82, 2.24) is 0 Å². The summed E-state index contributed by atoms with van der Waals surface area (Å²) in [6.45, 7) is 3.01. The maximum Gasteiger partial charge on any atom is 0.306 e. The van der Waals surface area contributed by atoms with Crippen LogP contribution in [0.3, 0.4) is 0 Å². The van der Waals surface area contributed by atoms with Gasteiger partial charge in [0.1, 0.15) is 31.0 Å². The van der Waals surface area contributed by atoms with Gasteiger partial charge in [0.25, 0.3) is 0 Å². The van der Waals surface area contributed by atoms with Gasteiger partial charge in [-0.2, -0.15) is 0 Å². The number of carbonyl (C=O) groups excluding carboxylic acids is 2. The molecule has 0 aliphatic carbocycles.